The Morgan fingerprint density at radius 1 is 0.952 bits per heavy atom. The number of nitrogen functional groups attached to an aromatic ring is 1. The summed E-state index contributed by atoms with van der Waals surface area (Å²) in [5.41, 5.74) is 9.22. The molecule has 0 spiro atoms. The van der Waals surface area contributed by atoms with Crippen molar-refractivity contribution in [3.8, 4) is 0 Å². The van der Waals surface area contributed by atoms with Gasteiger partial charge in [0.15, 0.2) is 0 Å². The number of carbonyl (C=O) groups is 1. The van der Waals surface area contributed by atoms with Gasteiger partial charge >= 0.3 is 0 Å². The van der Waals surface area contributed by atoms with Crippen molar-refractivity contribution in [2.45, 2.75) is 6.54 Å². The minimum atomic E-state index is 0.0112. The van der Waals surface area contributed by atoms with Crippen LogP contribution in [0.1, 0.15) is 15.9 Å². The number of hydrogen-bond donors (Lipinski definition) is 1. The average molecular weight is 283 g/mol. The van der Waals surface area contributed by atoms with Crippen molar-refractivity contribution in [3.63, 3.8) is 0 Å². The number of nitrogens with zero attached hydrogens (tertiary/aromatic N) is 2. The van der Waals surface area contributed by atoms with Crippen LogP contribution in [-0.4, -0.2) is 32.0 Å². The normalized spacial score (nSPS) is 10.2. The predicted molar refractivity (Wildman–Crippen MR) is 87.4 cm³/mol. The van der Waals surface area contributed by atoms with Crippen LogP contribution in [0.5, 0.6) is 0 Å². The molecule has 0 bridgehead atoms. The first-order chi connectivity index (χ1) is 9.97. The number of benzene rings is 2. The molecule has 0 aliphatic heterocycles. The van der Waals surface area contributed by atoms with E-state index in [0.717, 1.165) is 16.9 Å². The van der Waals surface area contributed by atoms with Gasteiger partial charge in [0.2, 0.25) is 0 Å². The second-order valence-corrected chi connectivity index (χ2v) is 5.34. The molecule has 0 aliphatic rings. The zero-order valence-electron chi connectivity index (χ0n) is 12.7. The van der Waals surface area contributed by atoms with E-state index in [9.17, 15) is 4.79 Å². The highest BCUT2D eigenvalue weighted by molar-refractivity contribution is 5.94. The Morgan fingerprint density at radius 2 is 1.52 bits per heavy atom. The van der Waals surface area contributed by atoms with Crippen LogP contribution < -0.4 is 10.6 Å². The largest absolute Gasteiger partial charge is 0.399 e. The highest BCUT2D eigenvalue weighted by Crippen LogP contribution is 2.15. The van der Waals surface area contributed by atoms with Gasteiger partial charge in [0.1, 0.15) is 0 Å². The van der Waals surface area contributed by atoms with Gasteiger partial charge in [0.05, 0.1) is 0 Å². The molecule has 0 fully saturated rings. The lowest BCUT2D eigenvalue weighted by Crippen LogP contribution is -2.26. The summed E-state index contributed by atoms with van der Waals surface area (Å²) in [6, 6.07) is 15.2. The molecule has 110 valence electrons. The van der Waals surface area contributed by atoms with Crippen LogP contribution in [0.25, 0.3) is 0 Å². The van der Waals surface area contributed by atoms with Gasteiger partial charge < -0.3 is 15.5 Å². The van der Waals surface area contributed by atoms with Gasteiger partial charge in [-0.3, -0.25) is 4.79 Å². The summed E-state index contributed by atoms with van der Waals surface area (Å²) < 4.78 is 0. The Morgan fingerprint density at radius 3 is 2.05 bits per heavy atom. The fourth-order valence-corrected chi connectivity index (χ4v) is 2.09. The average Bonchev–Trinajstić information content (AvgIpc) is 2.49. The molecule has 0 atom stereocenters. The van der Waals surface area contributed by atoms with E-state index in [0.29, 0.717) is 12.1 Å². The van der Waals surface area contributed by atoms with Crippen molar-refractivity contribution in [2.75, 3.05) is 31.8 Å². The molecule has 4 heteroatoms. The third kappa shape index (κ3) is 3.75. The predicted octanol–water partition coefficient (Wildman–Crippen LogP) is 2.61. The van der Waals surface area contributed by atoms with Gasteiger partial charge in [-0.05, 0) is 42.0 Å². The summed E-state index contributed by atoms with van der Waals surface area (Å²) in [6.07, 6.45) is 0. The molecule has 1 amide bonds. The maximum absolute atomic E-state index is 12.4. The van der Waals surface area contributed by atoms with E-state index < -0.39 is 0 Å². The van der Waals surface area contributed by atoms with Gasteiger partial charge in [0, 0.05) is 44.6 Å². The van der Waals surface area contributed by atoms with Crippen LogP contribution in [0.2, 0.25) is 0 Å². The van der Waals surface area contributed by atoms with Crippen molar-refractivity contribution in [2.24, 2.45) is 0 Å². The Bertz CT molecular complexity index is 603. The summed E-state index contributed by atoms with van der Waals surface area (Å²) in [5, 5.41) is 0. The highest BCUT2D eigenvalue weighted by Gasteiger charge is 2.12. The lowest BCUT2D eigenvalue weighted by Gasteiger charge is -2.18. The van der Waals surface area contributed by atoms with Gasteiger partial charge in [-0.25, -0.2) is 0 Å². The van der Waals surface area contributed by atoms with Crippen molar-refractivity contribution >= 4 is 17.3 Å². The standard InChI is InChI=1S/C17H21N3O/c1-19(2)16-10-6-14(7-11-16)17(21)20(3)12-13-4-8-15(18)9-5-13/h4-11H,12,18H2,1-3H3. The fourth-order valence-electron chi connectivity index (χ4n) is 2.09. The zero-order chi connectivity index (χ0) is 15.4. The van der Waals surface area contributed by atoms with E-state index in [4.69, 9.17) is 5.73 Å². The molecule has 4 nitrogen and oxygen atoms in total. The van der Waals surface area contributed by atoms with Gasteiger partial charge in [-0.1, -0.05) is 12.1 Å². The monoisotopic (exact) mass is 283 g/mol. The first-order valence-corrected chi connectivity index (χ1v) is 6.84. The Labute approximate surface area is 125 Å². The summed E-state index contributed by atoms with van der Waals surface area (Å²) >= 11 is 0. The second kappa shape index (κ2) is 6.31. The topological polar surface area (TPSA) is 49.6 Å². The van der Waals surface area contributed by atoms with E-state index in [1.165, 1.54) is 0 Å². The molecule has 0 unspecified atom stereocenters. The molecule has 0 aromatic heterocycles. The summed E-state index contributed by atoms with van der Waals surface area (Å²) in [6.45, 7) is 0.564. The molecule has 2 aromatic rings. The molecule has 2 rings (SSSR count). The molecule has 0 aliphatic carbocycles. The quantitative estimate of drug-likeness (QED) is 0.878. The van der Waals surface area contributed by atoms with E-state index in [1.807, 2.05) is 67.5 Å². The summed E-state index contributed by atoms with van der Waals surface area (Å²) in [4.78, 5) is 16.1. The number of anilines is 2. The maximum Gasteiger partial charge on any atom is 0.253 e. The van der Waals surface area contributed by atoms with Crippen LogP contribution in [0.15, 0.2) is 48.5 Å². The highest BCUT2D eigenvalue weighted by atomic mass is 16.2. The molecule has 2 N–H and O–H groups in total. The fraction of sp³-hybridized carbons (Fsp3) is 0.235. The first-order valence-electron chi connectivity index (χ1n) is 6.84. The molecule has 0 heterocycles. The molecule has 2 aromatic carbocycles. The molecule has 0 saturated heterocycles. The van der Waals surface area contributed by atoms with E-state index >= 15 is 0 Å². The van der Waals surface area contributed by atoms with Crippen LogP contribution in [0.4, 0.5) is 11.4 Å². The second-order valence-electron chi connectivity index (χ2n) is 5.34. The van der Waals surface area contributed by atoms with Crippen molar-refractivity contribution in [1.29, 1.82) is 0 Å². The van der Waals surface area contributed by atoms with Crippen LogP contribution >= 0.6 is 0 Å². The van der Waals surface area contributed by atoms with Crippen molar-refractivity contribution in [3.05, 3.63) is 59.7 Å². The first kappa shape index (κ1) is 14.9. The van der Waals surface area contributed by atoms with Gasteiger partial charge in [0.25, 0.3) is 5.91 Å². The minimum absolute atomic E-state index is 0.0112. The SMILES string of the molecule is CN(Cc1ccc(N)cc1)C(=O)c1ccc(N(C)C)cc1. The zero-order valence-corrected chi connectivity index (χ0v) is 12.7. The smallest absolute Gasteiger partial charge is 0.253 e. The molecule has 0 radical (unpaired) electrons. The van der Waals surface area contributed by atoms with Crippen LogP contribution in [0, 0.1) is 0 Å². The maximum atomic E-state index is 12.4. The van der Waals surface area contributed by atoms with E-state index in [2.05, 4.69) is 0 Å². The Balaban J connectivity index is 2.06. The number of hydrogen-bond acceptors (Lipinski definition) is 3. The molecule has 21 heavy (non-hydrogen) atoms. The number of carbonyl (C=O) groups excluding carboxylic acids is 1. The van der Waals surface area contributed by atoms with Gasteiger partial charge in [-0.15, -0.1) is 0 Å². The van der Waals surface area contributed by atoms with Crippen molar-refractivity contribution < 1.29 is 4.79 Å². The third-order valence-electron chi connectivity index (χ3n) is 3.38. The lowest BCUT2D eigenvalue weighted by atomic mass is 10.1. The van der Waals surface area contributed by atoms with Crippen LogP contribution in [0.3, 0.4) is 0 Å². The number of amides is 1. The molecular weight excluding hydrogens is 262 g/mol. The minimum Gasteiger partial charge on any atom is -0.399 e. The lowest BCUT2D eigenvalue weighted by molar-refractivity contribution is 0.0785. The Hall–Kier alpha value is -2.49. The van der Waals surface area contributed by atoms with E-state index in [1.54, 1.807) is 11.9 Å². The summed E-state index contributed by atoms with van der Waals surface area (Å²) in [5.74, 6) is 0.0112. The number of nitrogens with two attached hydrogens (primary N) is 1. The Kier molecular flexibility index (Phi) is 4.48. The molecule has 0 saturated carbocycles. The van der Waals surface area contributed by atoms with Crippen molar-refractivity contribution in [1.82, 2.24) is 4.90 Å². The summed E-state index contributed by atoms with van der Waals surface area (Å²) in [7, 11) is 5.76. The number of rotatable bonds is 4. The van der Waals surface area contributed by atoms with E-state index in [-0.39, 0.29) is 5.91 Å². The van der Waals surface area contributed by atoms with Crippen LogP contribution in [-0.2, 0) is 6.54 Å². The third-order valence-corrected chi connectivity index (χ3v) is 3.38. The molecular formula is C17H21N3O. The van der Waals surface area contributed by atoms with Gasteiger partial charge in [-0.2, -0.15) is 0 Å².